The van der Waals surface area contributed by atoms with Crippen molar-refractivity contribution in [1.82, 2.24) is 4.90 Å². The number of hydrogen-bond donors (Lipinski definition) is 2. The molecule has 1 unspecified atom stereocenters. The van der Waals surface area contributed by atoms with Gasteiger partial charge in [-0.3, -0.25) is 9.59 Å². The van der Waals surface area contributed by atoms with Crippen LogP contribution in [0, 0.1) is 0 Å². The Hall–Kier alpha value is -2.99. The van der Waals surface area contributed by atoms with Gasteiger partial charge in [-0.05, 0) is 60.7 Å². The minimum absolute atomic E-state index is 0.0203. The van der Waals surface area contributed by atoms with Gasteiger partial charge in [0, 0.05) is 12.1 Å². The number of nitrogens with zero attached hydrogens (tertiary/aromatic N) is 1. The molecule has 4 rings (SSSR count). The quantitative estimate of drug-likeness (QED) is 0.433. The molecule has 1 amide bonds. The van der Waals surface area contributed by atoms with Crippen molar-refractivity contribution in [3.63, 3.8) is 0 Å². The lowest BCUT2D eigenvalue weighted by Gasteiger charge is -2.25. The summed E-state index contributed by atoms with van der Waals surface area (Å²) in [5, 5.41) is 21.0. The minimum atomic E-state index is -0.782. The van der Waals surface area contributed by atoms with E-state index in [1.54, 1.807) is 24.3 Å². The Morgan fingerprint density at radius 3 is 2.77 bits per heavy atom. The Balaban J connectivity index is 1.86. The summed E-state index contributed by atoms with van der Waals surface area (Å²) in [6.07, 6.45) is 2.34. The van der Waals surface area contributed by atoms with E-state index in [2.05, 4.69) is 0 Å². The largest absolute Gasteiger partial charge is 0.507 e. The van der Waals surface area contributed by atoms with Gasteiger partial charge in [0.2, 0.25) is 0 Å². The average Bonchev–Trinajstić information content (AvgIpc) is 3.00. The fourth-order valence-electron chi connectivity index (χ4n) is 4.05. The molecule has 0 spiro atoms. The third-order valence-corrected chi connectivity index (χ3v) is 5.78. The van der Waals surface area contributed by atoms with Crippen molar-refractivity contribution >= 4 is 29.1 Å². The van der Waals surface area contributed by atoms with E-state index in [4.69, 9.17) is 16.3 Å². The number of aromatic hydroxyl groups is 1. The zero-order valence-electron chi connectivity index (χ0n) is 16.5. The SMILES string of the molecule is CCCN1C(=O)C(=O)/C(=C(\O)c2ccc3c(c2)CCCO3)C1c1ccc(O)c(Cl)c1. The molecule has 2 aromatic rings. The van der Waals surface area contributed by atoms with Crippen molar-refractivity contribution in [3.05, 3.63) is 63.7 Å². The van der Waals surface area contributed by atoms with E-state index in [-0.39, 0.29) is 22.1 Å². The van der Waals surface area contributed by atoms with Crippen LogP contribution in [-0.4, -0.2) is 40.0 Å². The van der Waals surface area contributed by atoms with Crippen LogP contribution >= 0.6 is 11.6 Å². The van der Waals surface area contributed by atoms with Gasteiger partial charge < -0.3 is 19.8 Å². The normalized spacial score (nSPS) is 20.2. The zero-order chi connectivity index (χ0) is 21.4. The Bertz CT molecular complexity index is 1060. The number of hydrogen-bond acceptors (Lipinski definition) is 5. The molecular formula is C23H22ClNO5. The first kappa shape index (κ1) is 20.3. The Morgan fingerprint density at radius 2 is 2.03 bits per heavy atom. The molecule has 6 nitrogen and oxygen atoms in total. The van der Waals surface area contributed by atoms with Crippen LogP contribution in [0.15, 0.2) is 42.0 Å². The molecular weight excluding hydrogens is 406 g/mol. The highest BCUT2D eigenvalue weighted by Crippen LogP contribution is 2.41. The number of ether oxygens (including phenoxy) is 1. The van der Waals surface area contributed by atoms with Gasteiger partial charge in [-0.15, -0.1) is 0 Å². The Morgan fingerprint density at radius 1 is 1.23 bits per heavy atom. The minimum Gasteiger partial charge on any atom is -0.507 e. The van der Waals surface area contributed by atoms with Gasteiger partial charge in [-0.25, -0.2) is 0 Å². The smallest absolute Gasteiger partial charge is 0.295 e. The summed E-state index contributed by atoms with van der Waals surface area (Å²) in [5.41, 5.74) is 1.99. The number of aryl methyl sites for hydroxylation is 1. The molecule has 1 atom stereocenters. The molecule has 2 heterocycles. The molecule has 7 heteroatoms. The van der Waals surface area contributed by atoms with Crippen LogP contribution in [0.1, 0.15) is 42.5 Å². The van der Waals surface area contributed by atoms with Gasteiger partial charge in [-0.2, -0.15) is 0 Å². The van der Waals surface area contributed by atoms with Crippen molar-refractivity contribution in [2.45, 2.75) is 32.2 Å². The van der Waals surface area contributed by atoms with E-state index in [9.17, 15) is 19.8 Å². The second kappa shape index (κ2) is 8.03. The summed E-state index contributed by atoms with van der Waals surface area (Å²) < 4.78 is 5.62. The van der Waals surface area contributed by atoms with Gasteiger partial charge >= 0.3 is 0 Å². The van der Waals surface area contributed by atoms with E-state index in [1.807, 2.05) is 6.92 Å². The lowest BCUT2D eigenvalue weighted by molar-refractivity contribution is -0.139. The van der Waals surface area contributed by atoms with E-state index in [0.29, 0.717) is 30.7 Å². The Kier molecular flexibility index (Phi) is 5.43. The van der Waals surface area contributed by atoms with Gasteiger partial charge in [0.15, 0.2) is 0 Å². The number of phenolic OH excluding ortho intramolecular Hbond substituents is 1. The first-order valence-corrected chi connectivity index (χ1v) is 10.3. The third-order valence-electron chi connectivity index (χ3n) is 5.47. The highest BCUT2D eigenvalue weighted by Gasteiger charge is 2.45. The molecule has 1 saturated heterocycles. The van der Waals surface area contributed by atoms with Crippen LogP contribution in [0.2, 0.25) is 5.02 Å². The van der Waals surface area contributed by atoms with Crippen molar-refractivity contribution in [3.8, 4) is 11.5 Å². The fourth-order valence-corrected chi connectivity index (χ4v) is 4.24. The number of carbonyl (C=O) groups excluding carboxylic acids is 2. The third kappa shape index (κ3) is 3.41. The standard InChI is InChI=1S/C23H22ClNO5/c1-2-9-25-20(14-5-7-17(26)16(24)12-14)19(22(28)23(25)29)21(27)15-6-8-18-13(11-15)4-3-10-30-18/h5-8,11-12,20,26-27H,2-4,9-10H2,1H3/b21-19-. The molecule has 0 bridgehead atoms. The van der Waals surface area contributed by atoms with Gasteiger partial charge in [0.1, 0.15) is 17.3 Å². The number of carbonyl (C=O) groups is 2. The van der Waals surface area contributed by atoms with E-state index in [0.717, 1.165) is 24.2 Å². The number of aliphatic hydroxyl groups is 1. The van der Waals surface area contributed by atoms with Crippen molar-refractivity contribution in [1.29, 1.82) is 0 Å². The Labute approximate surface area is 179 Å². The molecule has 2 N–H and O–H groups in total. The molecule has 0 radical (unpaired) electrons. The number of ketones is 1. The summed E-state index contributed by atoms with van der Waals surface area (Å²) in [4.78, 5) is 27.1. The lowest BCUT2D eigenvalue weighted by atomic mass is 9.94. The van der Waals surface area contributed by atoms with Crippen LogP contribution in [0.3, 0.4) is 0 Å². The second-order valence-electron chi connectivity index (χ2n) is 7.48. The number of halogens is 1. The number of likely N-dealkylation sites (tertiary alicyclic amines) is 1. The predicted octanol–water partition coefficient (Wildman–Crippen LogP) is 4.20. The molecule has 2 aliphatic rings. The summed E-state index contributed by atoms with van der Waals surface area (Å²) in [6, 6.07) is 9.03. The number of rotatable bonds is 4. The van der Waals surface area contributed by atoms with Crippen molar-refractivity contribution in [2.24, 2.45) is 0 Å². The number of aliphatic hydroxyl groups excluding tert-OH is 1. The van der Waals surface area contributed by atoms with Gasteiger partial charge in [-0.1, -0.05) is 24.6 Å². The van der Waals surface area contributed by atoms with Crippen LogP contribution in [0.4, 0.5) is 0 Å². The van der Waals surface area contributed by atoms with Crippen LogP contribution in [0.5, 0.6) is 11.5 Å². The maximum atomic E-state index is 12.9. The summed E-state index contributed by atoms with van der Waals surface area (Å²) in [5.74, 6) is -0.943. The number of fused-ring (bicyclic) bond motifs is 1. The highest BCUT2D eigenvalue weighted by atomic mass is 35.5. The second-order valence-corrected chi connectivity index (χ2v) is 7.89. The molecule has 0 saturated carbocycles. The number of Topliss-reactive ketones (excluding diaryl/α,β-unsaturated/α-hetero) is 1. The summed E-state index contributed by atoms with van der Waals surface area (Å²) in [6.45, 7) is 2.91. The van der Waals surface area contributed by atoms with E-state index < -0.39 is 17.7 Å². The number of benzene rings is 2. The first-order chi connectivity index (χ1) is 14.4. The first-order valence-electron chi connectivity index (χ1n) is 9.95. The van der Waals surface area contributed by atoms with Crippen molar-refractivity contribution < 1.29 is 24.5 Å². The van der Waals surface area contributed by atoms with E-state index >= 15 is 0 Å². The predicted molar refractivity (Wildman–Crippen MR) is 113 cm³/mol. The summed E-state index contributed by atoms with van der Waals surface area (Å²) >= 11 is 6.08. The maximum absolute atomic E-state index is 12.9. The van der Waals surface area contributed by atoms with Crippen LogP contribution in [0.25, 0.3) is 5.76 Å². The average molecular weight is 428 g/mol. The molecule has 156 valence electrons. The monoisotopic (exact) mass is 427 g/mol. The molecule has 2 aliphatic heterocycles. The van der Waals surface area contributed by atoms with Crippen LogP contribution < -0.4 is 4.74 Å². The lowest BCUT2D eigenvalue weighted by Crippen LogP contribution is -2.30. The fraction of sp³-hybridized carbons (Fsp3) is 0.304. The van der Waals surface area contributed by atoms with Gasteiger partial charge in [0.05, 0.1) is 23.2 Å². The number of phenols is 1. The van der Waals surface area contributed by atoms with Crippen molar-refractivity contribution in [2.75, 3.05) is 13.2 Å². The molecule has 30 heavy (non-hydrogen) atoms. The zero-order valence-corrected chi connectivity index (χ0v) is 17.3. The topological polar surface area (TPSA) is 87.1 Å². The molecule has 1 fully saturated rings. The number of amides is 1. The highest BCUT2D eigenvalue weighted by molar-refractivity contribution is 6.46. The molecule has 0 aliphatic carbocycles. The van der Waals surface area contributed by atoms with Crippen LogP contribution in [-0.2, 0) is 16.0 Å². The molecule has 0 aromatic heterocycles. The maximum Gasteiger partial charge on any atom is 0.295 e. The van der Waals surface area contributed by atoms with Gasteiger partial charge in [0.25, 0.3) is 11.7 Å². The molecule has 2 aromatic carbocycles. The van der Waals surface area contributed by atoms with E-state index in [1.165, 1.54) is 17.0 Å². The summed E-state index contributed by atoms with van der Waals surface area (Å²) in [7, 11) is 0.